The van der Waals surface area contributed by atoms with Gasteiger partial charge in [0.2, 0.25) is 0 Å². The molecular weight excluding hydrogens is 330 g/mol. The highest BCUT2D eigenvalue weighted by Crippen LogP contribution is 2.23. The summed E-state index contributed by atoms with van der Waals surface area (Å²) in [6, 6.07) is 10.9. The second-order valence-electron chi connectivity index (χ2n) is 5.01. The average molecular weight is 342 g/mol. The van der Waals surface area contributed by atoms with Crippen LogP contribution in [-0.4, -0.2) is 21.0 Å². The van der Waals surface area contributed by atoms with Crippen molar-refractivity contribution in [3.63, 3.8) is 0 Å². The number of aromatic nitrogens is 2. The largest absolute Gasteiger partial charge is 0.478 e. The number of rotatable bonds is 5. The minimum atomic E-state index is -1.08. The second kappa shape index (κ2) is 6.91. The number of carbonyl (C=O) groups is 1. The van der Waals surface area contributed by atoms with Gasteiger partial charge in [-0.15, -0.1) is 0 Å². The number of halogens is 2. The number of benzene rings is 2. The van der Waals surface area contributed by atoms with Crippen molar-refractivity contribution in [2.24, 2.45) is 0 Å². The first-order valence-electron chi connectivity index (χ1n) is 7.16. The molecule has 3 rings (SSSR count). The topological polar surface area (TPSA) is 87.1 Å². The molecule has 6 nitrogen and oxygen atoms in total. The first-order chi connectivity index (χ1) is 12.0. The summed E-state index contributed by atoms with van der Waals surface area (Å²) in [4.78, 5) is 19.2. The van der Waals surface area contributed by atoms with Crippen LogP contribution in [0.1, 0.15) is 10.4 Å². The van der Waals surface area contributed by atoms with Gasteiger partial charge in [0, 0.05) is 12.1 Å². The summed E-state index contributed by atoms with van der Waals surface area (Å²) >= 11 is 0. The van der Waals surface area contributed by atoms with Crippen molar-refractivity contribution >= 4 is 29.0 Å². The summed E-state index contributed by atoms with van der Waals surface area (Å²) in [5.74, 6) is -1.95. The van der Waals surface area contributed by atoms with Gasteiger partial charge in [0.05, 0.1) is 16.9 Å². The standard InChI is InChI=1S/C17H12F2N4O2/c18-10-5-6-14(12(19)7-10)23-16-8-15(20-9-21-16)22-13-4-2-1-3-11(13)17(24)25/h1-9H,(H,24,25)(H2,20,21,22,23). The average Bonchev–Trinajstić information content (AvgIpc) is 2.58. The summed E-state index contributed by atoms with van der Waals surface area (Å²) in [5, 5.41) is 14.8. The van der Waals surface area contributed by atoms with Crippen LogP contribution in [0.5, 0.6) is 0 Å². The highest BCUT2D eigenvalue weighted by molar-refractivity contribution is 5.95. The third-order valence-electron chi connectivity index (χ3n) is 3.28. The van der Waals surface area contributed by atoms with E-state index in [4.69, 9.17) is 0 Å². The molecule has 0 saturated carbocycles. The van der Waals surface area contributed by atoms with E-state index in [9.17, 15) is 18.7 Å². The Morgan fingerprint density at radius 3 is 2.28 bits per heavy atom. The molecule has 3 aromatic rings. The third-order valence-corrected chi connectivity index (χ3v) is 3.28. The number of para-hydroxylation sites is 1. The predicted octanol–water partition coefficient (Wildman–Crippen LogP) is 3.94. The first kappa shape index (κ1) is 16.3. The Kier molecular flexibility index (Phi) is 4.51. The van der Waals surface area contributed by atoms with E-state index in [1.165, 1.54) is 24.5 Å². The Hall–Kier alpha value is -3.55. The molecule has 126 valence electrons. The molecule has 2 aromatic carbocycles. The van der Waals surface area contributed by atoms with Crippen LogP contribution in [0, 0.1) is 11.6 Å². The van der Waals surface area contributed by atoms with Crippen molar-refractivity contribution in [3.8, 4) is 0 Å². The van der Waals surface area contributed by atoms with Gasteiger partial charge in [0.15, 0.2) is 0 Å². The van der Waals surface area contributed by atoms with Crippen LogP contribution in [0.4, 0.5) is 31.8 Å². The van der Waals surface area contributed by atoms with Gasteiger partial charge in [-0.05, 0) is 24.3 Å². The molecule has 0 saturated heterocycles. The number of carboxylic acid groups (broad SMARTS) is 1. The molecular formula is C17H12F2N4O2. The van der Waals surface area contributed by atoms with Crippen LogP contribution in [0.2, 0.25) is 0 Å². The Labute approximate surface area is 141 Å². The highest BCUT2D eigenvalue weighted by Gasteiger charge is 2.10. The van der Waals surface area contributed by atoms with Crippen molar-refractivity contribution in [2.45, 2.75) is 0 Å². The van der Waals surface area contributed by atoms with E-state index in [1.807, 2.05) is 0 Å². The van der Waals surface area contributed by atoms with Gasteiger partial charge in [-0.1, -0.05) is 12.1 Å². The molecule has 3 N–H and O–H groups in total. The van der Waals surface area contributed by atoms with Crippen molar-refractivity contribution in [1.82, 2.24) is 9.97 Å². The number of nitrogens with zero attached hydrogens (tertiary/aromatic N) is 2. The van der Waals surface area contributed by atoms with E-state index in [2.05, 4.69) is 20.6 Å². The van der Waals surface area contributed by atoms with E-state index in [-0.39, 0.29) is 17.1 Å². The number of anilines is 4. The number of hydrogen-bond donors (Lipinski definition) is 3. The normalized spacial score (nSPS) is 10.3. The van der Waals surface area contributed by atoms with Gasteiger partial charge < -0.3 is 15.7 Å². The summed E-state index contributed by atoms with van der Waals surface area (Å²) in [5.41, 5.74) is 0.491. The summed E-state index contributed by atoms with van der Waals surface area (Å²) in [7, 11) is 0. The number of aromatic carboxylic acids is 1. The Morgan fingerprint density at radius 2 is 1.60 bits per heavy atom. The third kappa shape index (κ3) is 3.86. The number of carboxylic acids is 1. The fraction of sp³-hybridized carbons (Fsp3) is 0. The van der Waals surface area contributed by atoms with Gasteiger partial charge in [0.25, 0.3) is 0 Å². The van der Waals surface area contributed by atoms with E-state index >= 15 is 0 Å². The van der Waals surface area contributed by atoms with Gasteiger partial charge in [-0.3, -0.25) is 0 Å². The number of hydrogen-bond acceptors (Lipinski definition) is 5. The van der Waals surface area contributed by atoms with E-state index < -0.39 is 17.6 Å². The molecule has 0 radical (unpaired) electrons. The van der Waals surface area contributed by atoms with E-state index in [0.717, 1.165) is 12.1 Å². The Morgan fingerprint density at radius 1 is 0.920 bits per heavy atom. The van der Waals surface area contributed by atoms with Crippen molar-refractivity contribution in [1.29, 1.82) is 0 Å². The number of nitrogens with one attached hydrogen (secondary N) is 2. The van der Waals surface area contributed by atoms with Crippen LogP contribution >= 0.6 is 0 Å². The monoisotopic (exact) mass is 342 g/mol. The zero-order valence-electron chi connectivity index (χ0n) is 12.7. The van der Waals surface area contributed by atoms with E-state index in [1.54, 1.807) is 18.2 Å². The van der Waals surface area contributed by atoms with Crippen LogP contribution in [0.15, 0.2) is 54.9 Å². The molecule has 0 unspecified atom stereocenters. The predicted molar refractivity (Wildman–Crippen MR) is 88.4 cm³/mol. The summed E-state index contributed by atoms with van der Waals surface area (Å²) in [6.45, 7) is 0. The quantitative estimate of drug-likeness (QED) is 0.651. The summed E-state index contributed by atoms with van der Waals surface area (Å²) < 4.78 is 26.6. The molecule has 0 aliphatic carbocycles. The van der Waals surface area contributed by atoms with Crippen LogP contribution in [0.25, 0.3) is 0 Å². The SMILES string of the molecule is O=C(O)c1ccccc1Nc1cc(Nc2ccc(F)cc2F)ncn1. The molecule has 0 aliphatic rings. The van der Waals surface area contributed by atoms with Crippen LogP contribution < -0.4 is 10.6 Å². The van der Waals surface area contributed by atoms with Crippen molar-refractivity contribution in [3.05, 3.63) is 72.1 Å². The Bertz CT molecular complexity index is 934. The van der Waals surface area contributed by atoms with Gasteiger partial charge >= 0.3 is 5.97 Å². The lowest BCUT2D eigenvalue weighted by Gasteiger charge is -2.11. The zero-order chi connectivity index (χ0) is 17.8. The minimum Gasteiger partial charge on any atom is -0.478 e. The molecule has 1 heterocycles. The molecule has 25 heavy (non-hydrogen) atoms. The fourth-order valence-electron chi connectivity index (χ4n) is 2.14. The molecule has 0 bridgehead atoms. The van der Waals surface area contributed by atoms with Gasteiger partial charge in [0.1, 0.15) is 29.6 Å². The first-order valence-corrected chi connectivity index (χ1v) is 7.16. The lowest BCUT2D eigenvalue weighted by Crippen LogP contribution is -2.04. The maximum atomic E-state index is 13.7. The van der Waals surface area contributed by atoms with Crippen molar-refractivity contribution < 1.29 is 18.7 Å². The zero-order valence-corrected chi connectivity index (χ0v) is 12.7. The lowest BCUT2D eigenvalue weighted by atomic mass is 10.2. The smallest absolute Gasteiger partial charge is 0.337 e. The molecule has 0 spiro atoms. The molecule has 0 fully saturated rings. The van der Waals surface area contributed by atoms with Crippen molar-refractivity contribution in [2.75, 3.05) is 10.6 Å². The minimum absolute atomic E-state index is 0.0528. The molecule has 8 heteroatoms. The fourth-order valence-corrected chi connectivity index (χ4v) is 2.14. The molecule has 0 aliphatic heterocycles. The van der Waals surface area contributed by atoms with E-state index in [0.29, 0.717) is 11.5 Å². The lowest BCUT2D eigenvalue weighted by molar-refractivity contribution is 0.0698. The van der Waals surface area contributed by atoms with Crippen LogP contribution in [0.3, 0.4) is 0 Å². The van der Waals surface area contributed by atoms with Gasteiger partial charge in [-0.25, -0.2) is 23.5 Å². The van der Waals surface area contributed by atoms with Crippen LogP contribution in [-0.2, 0) is 0 Å². The Balaban J connectivity index is 1.84. The van der Waals surface area contributed by atoms with Gasteiger partial charge in [-0.2, -0.15) is 0 Å². The summed E-state index contributed by atoms with van der Waals surface area (Å²) in [6.07, 6.45) is 1.23. The maximum Gasteiger partial charge on any atom is 0.337 e. The highest BCUT2D eigenvalue weighted by atomic mass is 19.1. The molecule has 0 atom stereocenters. The molecule has 0 amide bonds. The second-order valence-corrected chi connectivity index (χ2v) is 5.01. The maximum absolute atomic E-state index is 13.7. The molecule has 1 aromatic heterocycles.